The van der Waals surface area contributed by atoms with Crippen LogP contribution in [0.15, 0.2) is 24.3 Å². The summed E-state index contributed by atoms with van der Waals surface area (Å²) in [6, 6.07) is 4.63. The van der Waals surface area contributed by atoms with Crippen molar-refractivity contribution >= 4 is 11.6 Å². The molecule has 0 aliphatic carbocycles. The molecule has 0 saturated heterocycles. The Kier molecular flexibility index (Phi) is 4.60. The van der Waals surface area contributed by atoms with Crippen molar-refractivity contribution in [1.29, 1.82) is 0 Å². The van der Waals surface area contributed by atoms with E-state index in [2.05, 4.69) is 0 Å². The first-order chi connectivity index (χ1) is 8.57. The van der Waals surface area contributed by atoms with E-state index < -0.39 is 23.6 Å². The fraction of sp³-hybridized carbons (Fsp3) is 0.455. The number of alkyl halides is 7. The Morgan fingerprint density at radius 2 is 1.37 bits per heavy atom. The van der Waals surface area contributed by atoms with Gasteiger partial charge < -0.3 is 4.74 Å². The van der Waals surface area contributed by atoms with E-state index in [0.29, 0.717) is 5.75 Å². The minimum Gasteiger partial charge on any atom is -0.497 e. The average molecular weight is 307 g/mol. The van der Waals surface area contributed by atoms with Crippen LogP contribution >= 0.6 is 11.6 Å². The van der Waals surface area contributed by atoms with Gasteiger partial charge in [0.1, 0.15) is 5.75 Å². The summed E-state index contributed by atoms with van der Waals surface area (Å²) >= 11 is 5.36. The van der Waals surface area contributed by atoms with Gasteiger partial charge in [-0.15, -0.1) is 11.6 Å². The van der Waals surface area contributed by atoms with Crippen LogP contribution in [0.25, 0.3) is 0 Å². The minimum atomic E-state index is -5.47. The predicted molar refractivity (Wildman–Crippen MR) is 57.2 cm³/mol. The molecule has 0 bridgehead atoms. The van der Waals surface area contributed by atoms with Crippen LogP contribution in [0, 0.1) is 5.92 Å². The Morgan fingerprint density at radius 1 is 0.947 bits per heavy atom. The molecule has 0 spiro atoms. The lowest BCUT2D eigenvalue weighted by Gasteiger charge is -2.27. The van der Waals surface area contributed by atoms with Crippen LogP contribution in [0.2, 0.25) is 0 Å². The van der Waals surface area contributed by atoms with Crippen molar-refractivity contribution in [3.05, 3.63) is 29.8 Å². The Balaban J connectivity index is 3.09. The van der Waals surface area contributed by atoms with Gasteiger partial charge in [0, 0.05) is 0 Å². The van der Waals surface area contributed by atoms with Crippen LogP contribution in [-0.2, 0) is 0 Å². The van der Waals surface area contributed by atoms with Crippen LogP contribution in [0.1, 0.15) is 10.9 Å². The van der Waals surface area contributed by atoms with Crippen molar-refractivity contribution in [2.75, 3.05) is 7.11 Å². The Bertz CT molecular complexity index is 397. The van der Waals surface area contributed by atoms with E-state index in [-0.39, 0.29) is 5.56 Å². The molecule has 1 aromatic carbocycles. The quantitative estimate of drug-likeness (QED) is 0.580. The molecule has 0 amide bonds. The number of methoxy groups -OCH3 is 1. The molecule has 0 fully saturated rings. The van der Waals surface area contributed by atoms with E-state index in [1.165, 1.54) is 19.2 Å². The van der Waals surface area contributed by atoms with E-state index >= 15 is 0 Å². The molecule has 0 aromatic heterocycles. The molecule has 1 nitrogen and oxygen atoms in total. The molecular weight excluding hydrogens is 298 g/mol. The molecule has 0 aliphatic heterocycles. The highest BCUT2D eigenvalue weighted by molar-refractivity contribution is 6.21. The minimum absolute atomic E-state index is 0.276. The second-order valence-electron chi connectivity index (χ2n) is 3.74. The molecule has 0 heterocycles. The fourth-order valence-corrected chi connectivity index (χ4v) is 1.93. The van der Waals surface area contributed by atoms with Gasteiger partial charge in [0.15, 0.2) is 5.92 Å². The molecule has 0 radical (unpaired) electrons. The highest BCUT2D eigenvalue weighted by Gasteiger charge is 2.60. The molecule has 108 valence electrons. The van der Waals surface area contributed by atoms with Crippen LogP contribution < -0.4 is 4.74 Å². The van der Waals surface area contributed by atoms with Gasteiger partial charge in [-0.2, -0.15) is 26.3 Å². The lowest BCUT2D eigenvalue weighted by molar-refractivity contribution is -0.284. The largest absolute Gasteiger partial charge is 0.497 e. The van der Waals surface area contributed by atoms with Crippen LogP contribution in [-0.4, -0.2) is 19.5 Å². The fourth-order valence-electron chi connectivity index (χ4n) is 1.50. The van der Waals surface area contributed by atoms with E-state index in [1.54, 1.807) is 0 Å². The number of rotatable bonds is 3. The van der Waals surface area contributed by atoms with Crippen molar-refractivity contribution in [3.8, 4) is 5.75 Å². The predicted octanol–water partition coefficient (Wildman–Crippen LogP) is 4.72. The zero-order chi connectivity index (χ0) is 14.8. The molecule has 1 unspecified atom stereocenters. The second-order valence-corrected chi connectivity index (χ2v) is 4.21. The van der Waals surface area contributed by atoms with Crippen molar-refractivity contribution in [3.63, 3.8) is 0 Å². The third-order valence-electron chi connectivity index (χ3n) is 2.43. The lowest BCUT2D eigenvalue weighted by Crippen LogP contribution is -2.39. The monoisotopic (exact) mass is 306 g/mol. The van der Waals surface area contributed by atoms with Crippen molar-refractivity contribution < 1.29 is 31.1 Å². The van der Waals surface area contributed by atoms with Gasteiger partial charge in [-0.3, -0.25) is 0 Å². The number of ether oxygens (including phenoxy) is 1. The topological polar surface area (TPSA) is 9.23 Å². The smallest absolute Gasteiger partial charge is 0.402 e. The first-order valence-electron chi connectivity index (χ1n) is 4.99. The summed E-state index contributed by atoms with van der Waals surface area (Å²) in [5, 5.41) is -2.24. The van der Waals surface area contributed by atoms with Crippen LogP contribution in [0.3, 0.4) is 0 Å². The van der Waals surface area contributed by atoms with E-state index in [4.69, 9.17) is 16.3 Å². The van der Waals surface area contributed by atoms with Crippen molar-refractivity contribution in [2.24, 2.45) is 5.92 Å². The first kappa shape index (κ1) is 15.9. The molecule has 0 saturated carbocycles. The molecule has 0 N–H and O–H groups in total. The van der Waals surface area contributed by atoms with E-state index in [9.17, 15) is 26.3 Å². The van der Waals surface area contributed by atoms with Gasteiger partial charge in [0.2, 0.25) is 0 Å². The molecule has 1 aromatic rings. The van der Waals surface area contributed by atoms with Gasteiger partial charge in [0.05, 0.1) is 12.5 Å². The molecule has 1 rings (SSSR count). The lowest BCUT2D eigenvalue weighted by atomic mass is 9.97. The maximum absolute atomic E-state index is 12.5. The first-order valence-corrected chi connectivity index (χ1v) is 5.42. The number of hydrogen-bond acceptors (Lipinski definition) is 1. The summed E-state index contributed by atoms with van der Waals surface area (Å²) in [5.74, 6) is -3.31. The Morgan fingerprint density at radius 3 is 1.68 bits per heavy atom. The van der Waals surface area contributed by atoms with Crippen LogP contribution in [0.5, 0.6) is 5.75 Å². The zero-order valence-corrected chi connectivity index (χ0v) is 10.3. The maximum atomic E-state index is 12.5. The van der Waals surface area contributed by atoms with Gasteiger partial charge >= 0.3 is 12.4 Å². The Hall–Kier alpha value is -1.11. The maximum Gasteiger partial charge on any atom is 0.402 e. The molecule has 0 aliphatic rings. The summed E-state index contributed by atoms with van der Waals surface area (Å²) in [7, 11) is 1.32. The number of benzene rings is 1. The molecule has 19 heavy (non-hydrogen) atoms. The Labute approximate surface area is 110 Å². The summed E-state index contributed by atoms with van der Waals surface area (Å²) in [6.45, 7) is 0. The summed E-state index contributed by atoms with van der Waals surface area (Å²) in [5.41, 5.74) is -0.276. The molecular formula is C11H9ClF6O. The average Bonchev–Trinajstić information content (AvgIpc) is 2.25. The molecule has 1 atom stereocenters. The van der Waals surface area contributed by atoms with E-state index in [1.807, 2.05) is 0 Å². The second kappa shape index (κ2) is 5.48. The number of halogens is 7. The highest BCUT2D eigenvalue weighted by atomic mass is 35.5. The zero-order valence-electron chi connectivity index (χ0n) is 9.52. The third-order valence-corrected chi connectivity index (χ3v) is 2.94. The van der Waals surface area contributed by atoms with Crippen molar-refractivity contribution in [2.45, 2.75) is 17.7 Å². The summed E-state index contributed by atoms with van der Waals surface area (Å²) < 4.78 is 79.6. The van der Waals surface area contributed by atoms with Gasteiger partial charge in [-0.05, 0) is 17.7 Å². The normalized spacial score (nSPS) is 14.6. The summed E-state index contributed by atoms with van der Waals surface area (Å²) in [4.78, 5) is 0. The SMILES string of the molecule is COc1ccc(C(Cl)C(C(F)(F)F)C(F)(F)F)cc1. The van der Waals surface area contributed by atoms with Gasteiger partial charge in [-0.25, -0.2) is 0 Å². The van der Waals surface area contributed by atoms with Crippen molar-refractivity contribution in [1.82, 2.24) is 0 Å². The van der Waals surface area contributed by atoms with E-state index in [0.717, 1.165) is 12.1 Å². The third kappa shape index (κ3) is 3.92. The summed E-state index contributed by atoms with van der Waals surface area (Å²) in [6.07, 6.45) is -10.9. The number of hydrogen-bond donors (Lipinski definition) is 0. The molecule has 8 heteroatoms. The highest BCUT2D eigenvalue weighted by Crippen LogP contribution is 2.49. The van der Waals surface area contributed by atoms with Crippen LogP contribution in [0.4, 0.5) is 26.3 Å². The van der Waals surface area contributed by atoms with Gasteiger partial charge in [-0.1, -0.05) is 12.1 Å². The standard InChI is InChI=1S/C11H9ClF6O/c1-19-7-4-2-6(3-5-7)8(12)9(10(13,14)15)11(16,17)18/h2-5,8-9H,1H3. The van der Waals surface area contributed by atoms with Gasteiger partial charge in [0.25, 0.3) is 0 Å².